The maximum absolute atomic E-state index is 8.59. The quantitative estimate of drug-likeness (QED) is 0.634. The van der Waals surface area contributed by atoms with E-state index < -0.39 is 0 Å². The fourth-order valence-corrected chi connectivity index (χ4v) is 1.10. The second kappa shape index (κ2) is 4.38. The van der Waals surface area contributed by atoms with Crippen molar-refractivity contribution in [1.82, 2.24) is 14.8 Å². The highest BCUT2D eigenvalue weighted by Gasteiger charge is 2.00. The van der Waals surface area contributed by atoms with Crippen LogP contribution in [0.25, 0.3) is 11.0 Å². The molecule has 0 radical (unpaired) electrons. The number of hydrogen-bond acceptors (Lipinski definition) is 3. The van der Waals surface area contributed by atoms with Gasteiger partial charge in [0.25, 0.3) is 0 Å². The number of fused-ring (bicyclic) bond motifs is 1. The van der Waals surface area contributed by atoms with Gasteiger partial charge >= 0.3 is 0 Å². The summed E-state index contributed by atoms with van der Waals surface area (Å²) < 4.78 is 1.68. The summed E-state index contributed by atoms with van der Waals surface area (Å²) >= 11 is 0. The van der Waals surface area contributed by atoms with Crippen LogP contribution in [0.5, 0.6) is 0 Å². The van der Waals surface area contributed by atoms with E-state index in [1.54, 1.807) is 23.1 Å². The zero-order valence-corrected chi connectivity index (χ0v) is 8.52. The van der Waals surface area contributed by atoms with Crippen LogP contribution in [0.15, 0.2) is 18.5 Å². The van der Waals surface area contributed by atoms with E-state index in [2.05, 4.69) is 10.1 Å². The highest BCUT2D eigenvalue weighted by atomic mass is 15.3. The molecule has 0 N–H and O–H groups in total. The number of aromatic nitrogens is 3. The average molecular weight is 188 g/mol. The van der Waals surface area contributed by atoms with Crippen LogP contribution in [0.3, 0.4) is 0 Å². The molecule has 0 aromatic carbocycles. The number of pyridine rings is 1. The number of nitrogens with zero attached hydrogens (tertiary/aromatic N) is 4. The molecule has 0 saturated carbocycles. The van der Waals surface area contributed by atoms with Gasteiger partial charge in [-0.2, -0.15) is 10.4 Å². The van der Waals surface area contributed by atoms with Crippen molar-refractivity contribution in [1.29, 1.82) is 5.26 Å². The SMILES string of the molecule is CC.Cn1ncc2cc(C#N)cnc21. The second-order valence-electron chi connectivity index (χ2n) is 2.52. The summed E-state index contributed by atoms with van der Waals surface area (Å²) in [5, 5.41) is 13.5. The van der Waals surface area contributed by atoms with Crippen molar-refractivity contribution in [2.75, 3.05) is 0 Å². The highest BCUT2D eigenvalue weighted by Crippen LogP contribution is 2.10. The zero-order valence-electron chi connectivity index (χ0n) is 8.52. The van der Waals surface area contributed by atoms with Gasteiger partial charge in [-0.05, 0) is 6.07 Å². The first kappa shape index (κ1) is 10.2. The van der Waals surface area contributed by atoms with Crippen molar-refractivity contribution in [2.24, 2.45) is 7.05 Å². The molecule has 4 heteroatoms. The third-order valence-corrected chi connectivity index (χ3v) is 1.70. The Morgan fingerprint density at radius 3 is 2.71 bits per heavy atom. The maximum atomic E-state index is 8.59. The first-order chi connectivity index (χ1) is 6.81. The summed E-state index contributed by atoms with van der Waals surface area (Å²) in [5.41, 5.74) is 1.37. The van der Waals surface area contributed by atoms with Crippen LogP contribution in [-0.2, 0) is 7.05 Å². The molecule has 4 nitrogen and oxygen atoms in total. The Hall–Kier alpha value is -1.89. The van der Waals surface area contributed by atoms with Crippen LogP contribution in [-0.4, -0.2) is 14.8 Å². The summed E-state index contributed by atoms with van der Waals surface area (Å²) in [6.45, 7) is 4.00. The Balaban J connectivity index is 0.000000461. The Morgan fingerprint density at radius 2 is 2.07 bits per heavy atom. The lowest BCUT2D eigenvalue weighted by Crippen LogP contribution is -1.91. The fourth-order valence-electron chi connectivity index (χ4n) is 1.10. The highest BCUT2D eigenvalue weighted by molar-refractivity contribution is 5.75. The summed E-state index contributed by atoms with van der Waals surface area (Å²) in [5.74, 6) is 0. The zero-order chi connectivity index (χ0) is 10.6. The van der Waals surface area contributed by atoms with E-state index in [9.17, 15) is 0 Å². The number of nitriles is 1. The molecule has 0 bridgehead atoms. The molecule has 0 saturated heterocycles. The van der Waals surface area contributed by atoms with Gasteiger partial charge in [-0.15, -0.1) is 0 Å². The molecule has 0 spiro atoms. The topological polar surface area (TPSA) is 54.5 Å². The number of hydrogen-bond donors (Lipinski definition) is 0. The van der Waals surface area contributed by atoms with Gasteiger partial charge in [0.15, 0.2) is 5.65 Å². The molecule has 0 aliphatic heterocycles. The number of rotatable bonds is 0. The standard InChI is InChI=1S/C8H6N4.C2H6/c1-12-8-7(5-11-12)2-6(3-9)4-10-8;1-2/h2,4-5H,1H3;1-2H3. The van der Waals surface area contributed by atoms with E-state index in [1.165, 1.54) is 0 Å². The van der Waals surface area contributed by atoms with Gasteiger partial charge in [-0.1, -0.05) is 13.8 Å². The van der Waals surface area contributed by atoms with E-state index >= 15 is 0 Å². The molecule has 0 aliphatic carbocycles. The van der Waals surface area contributed by atoms with Crippen molar-refractivity contribution < 1.29 is 0 Å². The van der Waals surface area contributed by atoms with Crippen LogP contribution < -0.4 is 0 Å². The van der Waals surface area contributed by atoms with Crippen molar-refractivity contribution in [3.05, 3.63) is 24.0 Å². The minimum atomic E-state index is 0.565. The van der Waals surface area contributed by atoms with Gasteiger partial charge in [0, 0.05) is 18.6 Å². The van der Waals surface area contributed by atoms with E-state index in [1.807, 2.05) is 27.0 Å². The minimum Gasteiger partial charge on any atom is -0.250 e. The summed E-state index contributed by atoms with van der Waals surface area (Å²) in [6, 6.07) is 3.80. The predicted molar refractivity (Wildman–Crippen MR) is 54.6 cm³/mol. The molecule has 0 atom stereocenters. The van der Waals surface area contributed by atoms with E-state index in [-0.39, 0.29) is 0 Å². The molecule has 2 heterocycles. The second-order valence-corrected chi connectivity index (χ2v) is 2.52. The van der Waals surface area contributed by atoms with Gasteiger partial charge in [0.05, 0.1) is 11.8 Å². The molecule has 2 aromatic heterocycles. The lowest BCUT2D eigenvalue weighted by atomic mass is 10.2. The fraction of sp³-hybridized carbons (Fsp3) is 0.300. The first-order valence-corrected chi connectivity index (χ1v) is 4.49. The van der Waals surface area contributed by atoms with Gasteiger partial charge in [0.2, 0.25) is 0 Å². The van der Waals surface area contributed by atoms with Crippen molar-refractivity contribution >= 4 is 11.0 Å². The molecular formula is C10H12N4. The monoisotopic (exact) mass is 188 g/mol. The Morgan fingerprint density at radius 1 is 1.36 bits per heavy atom. The maximum Gasteiger partial charge on any atom is 0.157 e. The van der Waals surface area contributed by atoms with Crippen LogP contribution >= 0.6 is 0 Å². The van der Waals surface area contributed by atoms with Crippen molar-refractivity contribution in [3.8, 4) is 6.07 Å². The summed E-state index contributed by atoms with van der Waals surface area (Å²) in [4.78, 5) is 4.09. The molecule has 0 amide bonds. The Labute approximate surface area is 82.8 Å². The lowest BCUT2D eigenvalue weighted by molar-refractivity contribution is 0.786. The van der Waals surface area contributed by atoms with E-state index in [0.717, 1.165) is 11.0 Å². The third kappa shape index (κ3) is 1.72. The van der Waals surface area contributed by atoms with Crippen molar-refractivity contribution in [3.63, 3.8) is 0 Å². The first-order valence-electron chi connectivity index (χ1n) is 4.49. The Kier molecular flexibility index (Phi) is 3.19. The Bertz CT molecular complexity index is 464. The van der Waals surface area contributed by atoms with Gasteiger partial charge in [-0.25, -0.2) is 4.98 Å². The molecular weight excluding hydrogens is 176 g/mol. The molecule has 0 unspecified atom stereocenters. The van der Waals surface area contributed by atoms with Gasteiger partial charge in [0.1, 0.15) is 6.07 Å². The smallest absolute Gasteiger partial charge is 0.157 e. The lowest BCUT2D eigenvalue weighted by Gasteiger charge is -1.91. The van der Waals surface area contributed by atoms with Crippen LogP contribution in [0, 0.1) is 11.3 Å². The van der Waals surface area contributed by atoms with Crippen LogP contribution in [0.2, 0.25) is 0 Å². The summed E-state index contributed by atoms with van der Waals surface area (Å²) in [6.07, 6.45) is 3.24. The molecule has 2 aromatic rings. The van der Waals surface area contributed by atoms with E-state index in [0.29, 0.717) is 5.56 Å². The molecule has 2 rings (SSSR count). The van der Waals surface area contributed by atoms with Crippen LogP contribution in [0.4, 0.5) is 0 Å². The van der Waals surface area contributed by atoms with Crippen LogP contribution in [0.1, 0.15) is 19.4 Å². The predicted octanol–water partition coefficient (Wildman–Crippen LogP) is 1.87. The molecule has 0 fully saturated rings. The van der Waals surface area contributed by atoms with Gasteiger partial charge < -0.3 is 0 Å². The minimum absolute atomic E-state index is 0.565. The van der Waals surface area contributed by atoms with Gasteiger partial charge in [-0.3, -0.25) is 4.68 Å². The normalized spacial score (nSPS) is 9.00. The average Bonchev–Trinajstić information content (AvgIpc) is 2.63. The number of aryl methyl sites for hydroxylation is 1. The van der Waals surface area contributed by atoms with Crippen molar-refractivity contribution in [2.45, 2.75) is 13.8 Å². The molecule has 0 aliphatic rings. The molecule has 72 valence electrons. The largest absolute Gasteiger partial charge is 0.250 e. The van der Waals surface area contributed by atoms with E-state index in [4.69, 9.17) is 5.26 Å². The molecule has 14 heavy (non-hydrogen) atoms. The summed E-state index contributed by atoms with van der Waals surface area (Å²) in [7, 11) is 1.82. The third-order valence-electron chi connectivity index (χ3n) is 1.70.